The van der Waals surface area contributed by atoms with Gasteiger partial charge in [-0.15, -0.1) is 0 Å². The fourth-order valence-electron chi connectivity index (χ4n) is 12.3. The summed E-state index contributed by atoms with van der Waals surface area (Å²) in [4.78, 5) is 223. The van der Waals surface area contributed by atoms with Crippen molar-refractivity contribution in [1.82, 2.24) is 10.6 Å². The van der Waals surface area contributed by atoms with Crippen LogP contribution in [0.5, 0.6) is 23.0 Å². The zero-order chi connectivity index (χ0) is 88.0. The SMILES string of the molecule is CNC(=O)c1cc(C(=O)Cc2ccc(Oc3ccc(NC(=O)c4cc(C(=O)Cc5cc(C)cc(C(=O)O)c5)c(C(=O)O)cc4C(=O)O)cc3)cc2)c(C(=O)O)cc1C(=O)O.CNC(=O)c1cc(C(=O)Cc2ccc(Oc3ccc(NC(=O)c4cc(C(=O)Cc5cc(C)cc(C(=O)O)c5)c(C(=O)[O-])cc4C(=O)O)cc3)cc2)c(C(=O)[O-])cc1C(=O)O.[Li+].[Li+].[Li+].[Li+]. The molecule has 12 N–H and O–H groups in total. The maximum atomic E-state index is 13.4. The largest absolute Gasteiger partial charge is 1.00 e. The Hall–Kier alpha value is -14.6. The van der Waals surface area contributed by atoms with Crippen molar-refractivity contribution >= 4 is 118 Å². The molecule has 10 rings (SSSR count). The summed E-state index contributed by atoms with van der Waals surface area (Å²) in [7, 11) is 2.49. The third-order valence-electron chi connectivity index (χ3n) is 17.9. The minimum absolute atomic E-state index is 0. The maximum absolute atomic E-state index is 13.4. The van der Waals surface area contributed by atoms with Gasteiger partial charge in [0.25, 0.3) is 23.6 Å². The van der Waals surface area contributed by atoms with Crippen molar-refractivity contribution in [3.05, 3.63) is 316 Å². The molecule has 0 aliphatic carbocycles. The number of carbonyl (C=O) groups excluding carboxylic acids is 10. The Morgan fingerprint density at radius 1 is 0.258 bits per heavy atom. The molecule has 0 unspecified atom stereocenters. The molecule has 0 fully saturated rings. The van der Waals surface area contributed by atoms with Crippen LogP contribution in [0, 0.1) is 13.8 Å². The zero-order valence-electron chi connectivity index (χ0n) is 66.7. The Morgan fingerprint density at radius 2 is 0.476 bits per heavy atom. The fourth-order valence-corrected chi connectivity index (χ4v) is 12.3. The molecule has 0 radical (unpaired) electrons. The van der Waals surface area contributed by atoms with Crippen molar-refractivity contribution in [3.63, 3.8) is 0 Å². The number of carboxylic acids is 10. The topological polar surface area (TPSA) is 582 Å². The molecule has 124 heavy (non-hydrogen) atoms. The molecule has 0 aliphatic heterocycles. The van der Waals surface area contributed by atoms with Gasteiger partial charge >= 0.3 is 123 Å². The van der Waals surface area contributed by atoms with Crippen LogP contribution in [-0.2, 0) is 25.7 Å². The van der Waals surface area contributed by atoms with E-state index in [2.05, 4.69) is 21.3 Å². The summed E-state index contributed by atoms with van der Waals surface area (Å²) in [5, 5.41) is 110. The Bertz CT molecular complexity index is 5680. The third-order valence-corrected chi connectivity index (χ3v) is 17.9. The first-order valence-electron chi connectivity index (χ1n) is 34.9. The molecule has 0 atom stereocenters. The predicted molar refractivity (Wildman–Crippen MR) is 413 cm³/mol. The van der Waals surface area contributed by atoms with E-state index in [4.69, 9.17) is 9.47 Å². The number of carboxylic acid groups (broad SMARTS) is 10. The summed E-state index contributed by atoms with van der Waals surface area (Å²) in [6.07, 6.45) is -1.58. The number of benzene rings is 10. The standard InChI is InChI=1S/2C43H32N2O15.4Li/c2*1-20-11-22(13-23(12-20)39(50)51)15-36(47)28-17-30(34(43(58)59)19-32(28)41(54)55)38(49)45-24-5-9-26(10-6-24)60-25-7-3-21(4-8-25)14-35(46)27-16-29(37(48)44-2)33(42(56)57)18-31(27)40(52)53;;;;/h2*3-13,16-19H,14-15H2,1-2H3,(H,44,48)(H,45,49)(H,50,51)(H,52,53)(H,54,55)(H,56,57)(H,58,59);;;;/q;;4*+1/p-2. The van der Waals surface area contributed by atoms with Gasteiger partial charge in [0, 0.05) is 84.5 Å². The van der Waals surface area contributed by atoms with Gasteiger partial charge in [-0.1, -0.05) is 36.4 Å². The summed E-state index contributed by atoms with van der Waals surface area (Å²) >= 11 is 0. The number of Topliss-reactive ketones (excluding diaryl/α,β-unsaturated/α-hetero) is 4. The molecule has 608 valence electrons. The summed E-state index contributed by atoms with van der Waals surface area (Å²) in [6, 6.07) is 38.1. The van der Waals surface area contributed by atoms with Crippen LogP contribution in [0.15, 0.2) is 182 Å². The van der Waals surface area contributed by atoms with Crippen LogP contribution in [0.1, 0.15) is 220 Å². The summed E-state index contributed by atoms with van der Waals surface area (Å²) in [6.45, 7) is 3.21. The number of aryl methyl sites for hydroxylation is 2. The van der Waals surface area contributed by atoms with E-state index >= 15 is 0 Å². The molecule has 34 nitrogen and oxygen atoms in total. The quantitative estimate of drug-likeness (QED) is 0.0146. The molecule has 0 saturated heterocycles. The fraction of sp³-hybridized carbons (Fsp3) is 0.0930. The molecule has 4 amide bonds. The van der Waals surface area contributed by atoms with Crippen LogP contribution in [0.4, 0.5) is 11.4 Å². The van der Waals surface area contributed by atoms with Gasteiger partial charge in [0.1, 0.15) is 23.0 Å². The Kier molecular flexibility index (Phi) is 35.2. The predicted octanol–water partition coefficient (Wildman–Crippen LogP) is -3.17. The van der Waals surface area contributed by atoms with Crippen LogP contribution in [0.2, 0.25) is 0 Å². The van der Waals surface area contributed by atoms with Crippen molar-refractivity contribution in [2.45, 2.75) is 39.5 Å². The third kappa shape index (κ3) is 24.8. The van der Waals surface area contributed by atoms with Crippen molar-refractivity contribution in [1.29, 1.82) is 0 Å². The monoisotopic (exact) mass is 1660 g/mol. The number of ketones is 4. The maximum Gasteiger partial charge on any atom is 1.00 e. The average Bonchev–Trinajstić information content (AvgIpc) is 0.786. The van der Waals surface area contributed by atoms with Crippen LogP contribution >= 0.6 is 0 Å². The van der Waals surface area contributed by atoms with E-state index in [1.807, 2.05) is 0 Å². The number of hydrogen-bond acceptors (Lipinski definition) is 22. The molecular formula is C86H62Li4N4O30+2. The first kappa shape index (κ1) is 100. The minimum atomic E-state index is -1.88. The number of ether oxygens (including phenoxy) is 2. The molecule has 0 bridgehead atoms. The van der Waals surface area contributed by atoms with Crippen LogP contribution in [0.3, 0.4) is 0 Å². The number of aromatic carboxylic acids is 10. The Labute approximate surface area is 748 Å². The van der Waals surface area contributed by atoms with Crippen LogP contribution in [0.25, 0.3) is 0 Å². The van der Waals surface area contributed by atoms with E-state index in [0.717, 1.165) is 30.3 Å². The van der Waals surface area contributed by atoms with E-state index in [9.17, 15) is 137 Å². The molecule has 0 aliphatic rings. The van der Waals surface area contributed by atoms with Crippen molar-refractivity contribution in [2.24, 2.45) is 0 Å². The van der Waals surface area contributed by atoms with Crippen molar-refractivity contribution < 1.29 is 222 Å². The van der Waals surface area contributed by atoms with E-state index in [0.29, 0.717) is 46.2 Å². The van der Waals surface area contributed by atoms with Gasteiger partial charge in [-0.3, -0.25) is 38.4 Å². The number of rotatable bonds is 32. The first-order valence-corrected chi connectivity index (χ1v) is 34.9. The smallest absolute Gasteiger partial charge is 0.545 e. The van der Waals surface area contributed by atoms with E-state index in [1.165, 1.54) is 148 Å². The van der Waals surface area contributed by atoms with Crippen LogP contribution in [-0.4, -0.2) is 161 Å². The van der Waals surface area contributed by atoms with Gasteiger partial charge in [-0.25, -0.2) is 38.4 Å². The van der Waals surface area contributed by atoms with Crippen molar-refractivity contribution in [3.8, 4) is 23.0 Å². The van der Waals surface area contributed by atoms with E-state index in [1.54, 1.807) is 13.8 Å². The minimum Gasteiger partial charge on any atom is -0.545 e. The number of carbonyl (C=O) groups is 18. The molecule has 0 aromatic heterocycles. The summed E-state index contributed by atoms with van der Waals surface area (Å²) in [5.41, 5.74) is -6.59. The Morgan fingerprint density at radius 3 is 0.718 bits per heavy atom. The van der Waals surface area contributed by atoms with Crippen molar-refractivity contribution in [2.75, 3.05) is 24.7 Å². The normalized spacial score (nSPS) is 10.2. The molecule has 10 aromatic rings. The molecule has 0 heterocycles. The molecule has 38 heteroatoms. The second-order valence-electron chi connectivity index (χ2n) is 26.2. The number of nitrogens with one attached hydrogen (secondary N) is 4. The Balaban J connectivity index is 0.000000427. The van der Waals surface area contributed by atoms with Gasteiger partial charge in [-0.2, -0.15) is 0 Å². The zero-order valence-corrected chi connectivity index (χ0v) is 66.7. The van der Waals surface area contributed by atoms with Gasteiger partial charge in [0.05, 0.1) is 78.7 Å². The number of anilines is 2. The second kappa shape index (κ2) is 43.6. The number of amides is 4. The van der Waals surface area contributed by atoms with Gasteiger partial charge in [0.15, 0.2) is 23.1 Å². The molecule has 0 saturated carbocycles. The van der Waals surface area contributed by atoms with Gasteiger partial charge in [0.2, 0.25) is 0 Å². The molecule has 10 aromatic carbocycles. The van der Waals surface area contributed by atoms with E-state index < -0.39 is 197 Å². The van der Waals surface area contributed by atoms with Gasteiger partial charge < -0.3 is 91.4 Å². The summed E-state index contributed by atoms with van der Waals surface area (Å²) in [5.74, 6) is -21.5. The van der Waals surface area contributed by atoms with Gasteiger partial charge in [-0.05, 0) is 193 Å². The summed E-state index contributed by atoms with van der Waals surface area (Å²) < 4.78 is 11.7. The molecule has 0 spiro atoms. The van der Waals surface area contributed by atoms with E-state index in [-0.39, 0.29) is 150 Å². The first-order chi connectivity index (χ1) is 56.7. The van der Waals surface area contributed by atoms with Crippen LogP contribution < -0.4 is 116 Å². The number of hydrogen-bond donors (Lipinski definition) is 12. The molecular weight excluding hydrogens is 1600 g/mol. The average molecular weight is 1660 g/mol. The second-order valence-corrected chi connectivity index (χ2v) is 26.2.